The summed E-state index contributed by atoms with van der Waals surface area (Å²) in [4.78, 5) is 18.1. The van der Waals surface area contributed by atoms with Crippen LogP contribution in [0, 0.1) is 5.92 Å². The van der Waals surface area contributed by atoms with Gasteiger partial charge in [-0.2, -0.15) is 0 Å². The highest BCUT2D eigenvalue weighted by molar-refractivity contribution is 5.82. The molecule has 160 valence electrons. The number of nitrogens with one attached hydrogen (secondary N) is 1. The van der Waals surface area contributed by atoms with Crippen LogP contribution in [0.15, 0.2) is 71.3 Å². The van der Waals surface area contributed by atoms with Crippen LogP contribution in [0.3, 0.4) is 0 Å². The van der Waals surface area contributed by atoms with Crippen LogP contribution in [0.5, 0.6) is 5.75 Å². The zero-order valence-electron chi connectivity index (χ0n) is 17.7. The molecule has 3 aromatic rings. The van der Waals surface area contributed by atoms with Crippen molar-refractivity contribution in [3.8, 4) is 5.75 Å². The van der Waals surface area contributed by atoms with E-state index in [2.05, 4.69) is 51.5 Å². The molecular formula is C25H27N3O3. The number of amides is 1. The molecule has 0 spiro atoms. The van der Waals surface area contributed by atoms with E-state index in [-0.39, 0.29) is 17.9 Å². The van der Waals surface area contributed by atoms with Crippen molar-refractivity contribution in [3.05, 3.63) is 78.3 Å². The van der Waals surface area contributed by atoms with Gasteiger partial charge in [0.1, 0.15) is 11.5 Å². The van der Waals surface area contributed by atoms with Gasteiger partial charge in [0.15, 0.2) is 0 Å². The number of hydrogen-bond acceptors (Lipinski definition) is 5. The van der Waals surface area contributed by atoms with Crippen molar-refractivity contribution in [2.45, 2.75) is 19.0 Å². The summed E-state index contributed by atoms with van der Waals surface area (Å²) < 4.78 is 10.7. The van der Waals surface area contributed by atoms with Crippen molar-refractivity contribution in [2.24, 2.45) is 5.92 Å². The van der Waals surface area contributed by atoms with E-state index in [1.807, 2.05) is 24.3 Å². The number of benzene rings is 2. The number of anilines is 2. The Balaban J connectivity index is 1.39. The Kier molecular flexibility index (Phi) is 5.28. The fourth-order valence-electron chi connectivity index (χ4n) is 4.80. The van der Waals surface area contributed by atoms with Crippen LogP contribution >= 0.6 is 0 Å². The fourth-order valence-corrected chi connectivity index (χ4v) is 4.80. The van der Waals surface area contributed by atoms with Gasteiger partial charge in [0.25, 0.3) is 0 Å². The molecule has 5 rings (SSSR count). The van der Waals surface area contributed by atoms with Crippen LogP contribution in [-0.2, 0) is 17.8 Å². The van der Waals surface area contributed by atoms with E-state index < -0.39 is 0 Å². The van der Waals surface area contributed by atoms with Crippen LogP contribution < -0.4 is 19.9 Å². The predicted octanol–water partition coefficient (Wildman–Crippen LogP) is 3.47. The summed E-state index contributed by atoms with van der Waals surface area (Å²) in [6, 6.07) is 20.5. The van der Waals surface area contributed by atoms with E-state index >= 15 is 0 Å². The highest BCUT2D eigenvalue weighted by Gasteiger charge is 2.41. The van der Waals surface area contributed by atoms with Crippen molar-refractivity contribution >= 4 is 17.3 Å². The average molecular weight is 418 g/mol. The first-order chi connectivity index (χ1) is 15.2. The molecule has 2 aromatic carbocycles. The molecule has 0 aliphatic carbocycles. The van der Waals surface area contributed by atoms with Gasteiger partial charge >= 0.3 is 0 Å². The Labute approximate surface area is 182 Å². The molecule has 1 amide bonds. The largest absolute Gasteiger partial charge is 0.497 e. The molecule has 3 heterocycles. The number of methoxy groups -OCH3 is 1. The quantitative estimate of drug-likeness (QED) is 0.689. The van der Waals surface area contributed by atoms with Gasteiger partial charge in [-0.3, -0.25) is 4.79 Å². The first kappa shape index (κ1) is 19.5. The Morgan fingerprint density at radius 1 is 1.10 bits per heavy atom. The molecule has 1 N–H and O–H groups in total. The van der Waals surface area contributed by atoms with Gasteiger partial charge in [0.2, 0.25) is 5.91 Å². The van der Waals surface area contributed by atoms with Crippen molar-refractivity contribution < 1.29 is 13.9 Å². The number of para-hydroxylation sites is 1. The highest BCUT2D eigenvalue weighted by atomic mass is 16.5. The van der Waals surface area contributed by atoms with Gasteiger partial charge in [-0.25, -0.2) is 0 Å². The molecule has 0 unspecified atom stereocenters. The van der Waals surface area contributed by atoms with E-state index in [4.69, 9.17) is 9.15 Å². The Bertz CT molecular complexity index is 1030. The molecule has 2 atom stereocenters. The lowest BCUT2D eigenvalue weighted by molar-refractivity contribution is -0.126. The minimum absolute atomic E-state index is 0.0810. The average Bonchev–Trinajstić information content (AvgIpc) is 3.35. The molecule has 1 fully saturated rings. The number of fused-ring (bicyclic) bond motifs is 3. The van der Waals surface area contributed by atoms with E-state index in [0.29, 0.717) is 6.54 Å². The van der Waals surface area contributed by atoms with Gasteiger partial charge < -0.3 is 24.3 Å². The number of carbonyl (C=O) groups is 1. The van der Waals surface area contributed by atoms with Crippen molar-refractivity contribution in [2.75, 3.05) is 36.5 Å². The molecule has 0 bridgehead atoms. The molecule has 1 saturated heterocycles. The lowest BCUT2D eigenvalue weighted by Gasteiger charge is -2.49. The fraction of sp³-hybridized carbons (Fsp3) is 0.320. The Morgan fingerprint density at radius 3 is 2.71 bits per heavy atom. The van der Waals surface area contributed by atoms with Crippen molar-refractivity contribution in [3.63, 3.8) is 0 Å². The van der Waals surface area contributed by atoms with Crippen LogP contribution in [0.4, 0.5) is 11.4 Å². The number of carbonyl (C=O) groups excluding carboxylic acids is 1. The van der Waals surface area contributed by atoms with Crippen LogP contribution in [0.1, 0.15) is 11.3 Å². The number of hydrogen-bond donors (Lipinski definition) is 1. The Hall–Kier alpha value is -3.41. The summed E-state index contributed by atoms with van der Waals surface area (Å²) >= 11 is 0. The van der Waals surface area contributed by atoms with Gasteiger partial charge in [-0.15, -0.1) is 0 Å². The first-order valence-corrected chi connectivity index (χ1v) is 10.8. The van der Waals surface area contributed by atoms with Gasteiger partial charge in [-0.05, 0) is 54.4 Å². The molecule has 2 aliphatic heterocycles. The monoisotopic (exact) mass is 417 g/mol. The standard InChI is InChI=1S/C25H27N3O3/c1-30-20-10-8-19(9-11-20)27-12-13-28-23-7-3-2-5-18(23)15-22(24(28)17-27)25(29)26-16-21-6-4-14-31-21/h2-11,14,22,24H,12-13,15-17H2,1H3,(H,26,29)/t22-,24-/m0/s1. The Morgan fingerprint density at radius 2 is 1.94 bits per heavy atom. The molecular weight excluding hydrogens is 390 g/mol. The van der Waals surface area contributed by atoms with E-state index in [0.717, 1.165) is 43.3 Å². The van der Waals surface area contributed by atoms with Gasteiger partial charge in [0.05, 0.1) is 31.9 Å². The normalized spacial score (nSPS) is 20.0. The number of rotatable bonds is 5. The maximum Gasteiger partial charge on any atom is 0.225 e. The molecule has 2 aliphatic rings. The summed E-state index contributed by atoms with van der Waals surface area (Å²) in [6.45, 7) is 3.02. The minimum atomic E-state index is -0.120. The summed E-state index contributed by atoms with van der Waals surface area (Å²) in [5.41, 5.74) is 3.67. The molecule has 0 radical (unpaired) electrons. The molecule has 6 nitrogen and oxygen atoms in total. The van der Waals surface area contributed by atoms with Gasteiger partial charge in [0, 0.05) is 31.0 Å². The summed E-state index contributed by atoms with van der Waals surface area (Å²) in [5.74, 6) is 1.58. The molecule has 1 aromatic heterocycles. The topological polar surface area (TPSA) is 58.0 Å². The zero-order valence-corrected chi connectivity index (χ0v) is 17.7. The molecule has 6 heteroatoms. The number of piperazine rings is 1. The maximum atomic E-state index is 13.3. The maximum absolute atomic E-state index is 13.3. The predicted molar refractivity (Wildman–Crippen MR) is 121 cm³/mol. The third kappa shape index (κ3) is 3.85. The second kappa shape index (κ2) is 8.38. The minimum Gasteiger partial charge on any atom is -0.497 e. The number of ether oxygens (including phenoxy) is 1. The number of furan rings is 1. The summed E-state index contributed by atoms with van der Waals surface area (Å²) in [6.07, 6.45) is 2.38. The van der Waals surface area contributed by atoms with Crippen LogP contribution in [0.25, 0.3) is 0 Å². The van der Waals surface area contributed by atoms with E-state index in [1.165, 1.54) is 11.3 Å². The van der Waals surface area contributed by atoms with Crippen LogP contribution in [0.2, 0.25) is 0 Å². The van der Waals surface area contributed by atoms with Crippen LogP contribution in [-0.4, -0.2) is 38.7 Å². The summed E-state index contributed by atoms with van der Waals surface area (Å²) in [5, 5.41) is 3.09. The van der Waals surface area contributed by atoms with E-state index in [9.17, 15) is 4.79 Å². The second-order valence-corrected chi connectivity index (χ2v) is 8.14. The summed E-state index contributed by atoms with van der Waals surface area (Å²) in [7, 11) is 1.68. The zero-order chi connectivity index (χ0) is 21.2. The third-order valence-electron chi connectivity index (χ3n) is 6.42. The lowest BCUT2D eigenvalue weighted by atomic mass is 9.83. The second-order valence-electron chi connectivity index (χ2n) is 8.14. The first-order valence-electron chi connectivity index (χ1n) is 10.8. The SMILES string of the molecule is COc1ccc(N2CCN3c4ccccc4C[C@H](C(=O)NCc4ccco4)[C@@H]3C2)cc1. The smallest absolute Gasteiger partial charge is 0.225 e. The van der Waals surface area contributed by atoms with Gasteiger partial charge in [-0.1, -0.05) is 18.2 Å². The highest BCUT2D eigenvalue weighted by Crippen LogP contribution is 2.37. The lowest BCUT2D eigenvalue weighted by Crippen LogP contribution is -2.61. The van der Waals surface area contributed by atoms with E-state index in [1.54, 1.807) is 13.4 Å². The molecule has 0 saturated carbocycles. The number of nitrogens with zero attached hydrogens (tertiary/aromatic N) is 2. The molecule has 31 heavy (non-hydrogen) atoms. The van der Waals surface area contributed by atoms with Crippen molar-refractivity contribution in [1.29, 1.82) is 0 Å². The van der Waals surface area contributed by atoms with Crippen molar-refractivity contribution in [1.82, 2.24) is 5.32 Å². The third-order valence-corrected chi connectivity index (χ3v) is 6.42.